The van der Waals surface area contributed by atoms with Crippen LogP contribution in [0.5, 0.6) is 0 Å². The van der Waals surface area contributed by atoms with E-state index in [0.717, 1.165) is 5.56 Å². The van der Waals surface area contributed by atoms with Crippen molar-refractivity contribution in [3.05, 3.63) is 59.7 Å². The van der Waals surface area contributed by atoms with E-state index < -0.39 is 10.8 Å². The fourth-order valence-corrected chi connectivity index (χ4v) is 2.54. The van der Waals surface area contributed by atoms with Gasteiger partial charge in [0.05, 0.1) is 21.4 Å². The van der Waals surface area contributed by atoms with Crippen molar-refractivity contribution in [1.82, 2.24) is 0 Å². The molecule has 0 bridgehead atoms. The SMILES string of the molecule is Cc1ccccc1C(=O)Nc1ccccc1S(C)=O. The Morgan fingerprint density at radius 1 is 1.05 bits per heavy atom. The molecule has 98 valence electrons. The molecule has 0 aliphatic heterocycles. The fourth-order valence-electron chi connectivity index (χ4n) is 1.84. The highest BCUT2D eigenvalue weighted by Gasteiger charge is 2.11. The smallest absolute Gasteiger partial charge is 0.255 e. The maximum absolute atomic E-state index is 12.2. The molecule has 0 fully saturated rings. The van der Waals surface area contributed by atoms with Crippen molar-refractivity contribution in [2.24, 2.45) is 0 Å². The summed E-state index contributed by atoms with van der Waals surface area (Å²) in [5.41, 5.74) is 2.13. The second-order valence-corrected chi connectivity index (χ2v) is 5.57. The van der Waals surface area contributed by atoms with Gasteiger partial charge in [-0.25, -0.2) is 0 Å². The molecule has 0 saturated heterocycles. The molecule has 0 spiro atoms. The summed E-state index contributed by atoms with van der Waals surface area (Å²) >= 11 is 0. The number of hydrogen-bond acceptors (Lipinski definition) is 2. The molecule has 3 nitrogen and oxygen atoms in total. The van der Waals surface area contributed by atoms with Crippen LogP contribution in [0.25, 0.3) is 0 Å². The van der Waals surface area contributed by atoms with Crippen LogP contribution in [0.2, 0.25) is 0 Å². The highest BCUT2D eigenvalue weighted by molar-refractivity contribution is 7.84. The zero-order valence-electron chi connectivity index (χ0n) is 10.8. The number of para-hydroxylation sites is 1. The van der Waals surface area contributed by atoms with Gasteiger partial charge in [0.1, 0.15) is 0 Å². The van der Waals surface area contributed by atoms with Crippen molar-refractivity contribution in [1.29, 1.82) is 0 Å². The Morgan fingerprint density at radius 2 is 1.68 bits per heavy atom. The first-order valence-corrected chi connectivity index (χ1v) is 7.45. The first kappa shape index (κ1) is 13.5. The minimum Gasteiger partial charge on any atom is -0.321 e. The lowest BCUT2D eigenvalue weighted by Crippen LogP contribution is -2.14. The molecule has 0 radical (unpaired) electrons. The molecule has 2 rings (SSSR count). The summed E-state index contributed by atoms with van der Waals surface area (Å²) in [7, 11) is -1.13. The maximum atomic E-state index is 12.2. The molecule has 2 aromatic carbocycles. The van der Waals surface area contributed by atoms with Gasteiger partial charge in [-0.05, 0) is 30.7 Å². The van der Waals surface area contributed by atoms with Crippen LogP contribution < -0.4 is 5.32 Å². The number of benzene rings is 2. The lowest BCUT2D eigenvalue weighted by molar-refractivity contribution is 0.102. The van der Waals surface area contributed by atoms with E-state index in [-0.39, 0.29) is 5.91 Å². The van der Waals surface area contributed by atoms with Crippen LogP contribution in [0.4, 0.5) is 5.69 Å². The second-order valence-electron chi connectivity index (χ2n) is 4.22. The zero-order chi connectivity index (χ0) is 13.8. The normalized spacial score (nSPS) is 11.9. The second kappa shape index (κ2) is 5.80. The summed E-state index contributed by atoms with van der Waals surface area (Å²) < 4.78 is 11.6. The van der Waals surface area contributed by atoms with E-state index in [9.17, 15) is 9.00 Å². The number of nitrogens with one attached hydrogen (secondary N) is 1. The predicted octanol–water partition coefficient (Wildman–Crippen LogP) is 2.98. The van der Waals surface area contributed by atoms with Gasteiger partial charge in [-0.3, -0.25) is 9.00 Å². The molecule has 0 aliphatic rings. The van der Waals surface area contributed by atoms with E-state index in [1.807, 2.05) is 31.2 Å². The molecule has 1 atom stereocenters. The van der Waals surface area contributed by atoms with Crippen LogP contribution in [0.15, 0.2) is 53.4 Å². The lowest BCUT2D eigenvalue weighted by atomic mass is 10.1. The summed E-state index contributed by atoms with van der Waals surface area (Å²) in [6.07, 6.45) is 1.60. The monoisotopic (exact) mass is 273 g/mol. The van der Waals surface area contributed by atoms with Crippen molar-refractivity contribution in [2.75, 3.05) is 11.6 Å². The van der Waals surface area contributed by atoms with E-state index in [1.165, 1.54) is 0 Å². The van der Waals surface area contributed by atoms with Crippen LogP contribution in [0.3, 0.4) is 0 Å². The zero-order valence-corrected chi connectivity index (χ0v) is 11.7. The van der Waals surface area contributed by atoms with E-state index >= 15 is 0 Å². The van der Waals surface area contributed by atoms with Gasteiger partial charge in [-0.15, -0.1) is 0 Å². The Labute approximate surface area is 115 Å². The van der Waals surface area contributed by atoms with Crippen molar-refractivity contribution >= 4 is 22.4 Å². The summed E-state index contributed by atoms with van der Waals surface area (Å²) in [6.45, 7) is 1.89. The van der Waals surface area contributed by atoms with Crippen LogP contribution in [-0.4, -0.2) is 16.4 Å². The van der Waals surface area contributed by atoms with Crippen LogP contribution in [-0.2, 0) is 10.8 Å². The highest BCUT2D eigenvalue weighted by atomic mass is 32.2. The summed E-state index contributed by atoms with van der Waals surface area (Å²) in [5, 5.41) is 2.82. The fraction of sp³-hybridized carbons (Fsp3) is 0.133. The van der Waals surface area contributed by atoms with Gasteiger partial charge < -0.3 is 5.32 Å². The Kier molecular flexibility index (Phi) is 4.12. The van der Waals surface area contributed by atoms with Gasteiger partial charge in [0, 0.05) is 11.8 Å². The van der Waals surface area contributed by atoms with Gasteiger partial charge in [0.25, 0.3) is 5.91 Å². The number of carbonyl (C=O) groups is 1. The first-order chi connectivity index (χ1) is 9.09. The Bertz CT molecular complexity index is 638. The number of anilines is 1. The molecule has 0 aliphatic carbocycles. The van der Waals surface area contributed by atoms with Gasteiger partial charge in [0.15, 0.2) is 0 Å². The summed E-state index contributed by atoms with van der Waals surface area (Å²) in [6, 6.07) is 14.5. The van der Waals surface area contributed by atoms with E-state index in [2.05, 4.69) is 5.32 Å². The van der Waals surface area contributed by atoms with Crippen LogP contribution >= 0.6 is 0 Å². The van der Waals surface area contributed by atoms with Gasteiger partial charge in [-0.2, -0.15) is 0 Å². The number of rotatable bonds is 3. The third-order valence-electron chi connectivity index (χ3n) is 2.83. The average Bonchev–Trinajstić information content (AvgIpc) is 2.39. The molecule has 0 heterocycles. The van der Waals surface area contributed by atoms with E-state index in [1.54, 1.807) is 30.5 Å². The largest absolute Gasteiger partial charge is 0.321 e. The summed E-state index contributed by atoms with van der Waals surface area (Å²) in [5.74, 6) is -0.184. The highest BCUT2D eigenvalue weighted by Crippen LogP contribution is 2.19. The Balaban J connectivity index is 2.30. The number of aryl methyl sites for hydroxylation is 1. The summed E-state index contributed by atoms with van der Waals surface area (Å²) in [4.78, 5) is 12.8. The average molecular weight is 273 g/mol. The molecule has 0 saturated carbocycles. The molecular formula is C15H15NO2S. The Morgan fingerprint density at radius 3 is 2.37 bits per heavy atom. The lowest BCUT2D eigenvalue weighted by Gasteiger charge is -2.10. The van der Waals surface area contributed by atoms with Crippen molar-refractivity contribution in [3.63, 3.8) is 0 Å². The van der Waals surface area contributed by atoms with Crippen LogP contribution in [0.1, 0.15) is 15.9 Å². The maximum Gasteiger partial charge on any atom is 0.255 e. The molecule has 2 aromatic rings. The van der Waals surface area contributed by atoms with Crippen molar-refractivity contribution < 1.29 is 9.00 Å². The molecular weight excluding hydrogens is 258 g/mol. The van der Waals surface area contributed by atoms with Crippen LogP contribution in [0, 0.1) is 6.92 Å². The molecule has 19 heavy (non-hydrogen) atoms. The third-order valence-corrected chi connectivity index (χ3v) is 3.81. The van der Waals surface area contributed by atoms with Gasteiger partial charge in [0.2, 0.25) is 0 Å². The van der Waals surface area contributed by atoms with E-state index in [0.29, 0.717) is 16.1 Å². The topological polar surface area (TPSA) is 46.2 Å². The van der Waals surface area contributed by atoms with Gasteiger partial charge >= 0.3 is 0 Å². The number of hydrogen-bond donors (Lipinski definition) is 1. The first-order valence-electron chi connectivity index (χ1n) is 5.89. The standard InChI is InChI=1S/C15H15NO2S/c1-11-7-3-4-8-12(11)15(17)16-13-9-5-6-10-14(13)19(2)18/h3-10H,1-2H3,(H,16,17). The molecule has 1 unspecified atom stereocenters. The predicted molar refractivity (Wildman–Crippen MR) is 77.9 cm³/mol. The van der Waals surface area contributed by atoms with Crippen molar-refractivity contribution in [2.45, 2.75) is 11.8 Å². The molecule has 1 amide bonds. The number of amides is 1. The van der Waals surface area contributed by atoms with E-state index in [4.69, 9.17) is 0 Å². The minimum atomic E-state index is -1.13. The van der Waals surface area contributed by atoms with Gasteiger partial charge in [-0.1, -0.05) is 30.3 Å². The molecule has 4 heteroatoms. The third kappa shape index (κ3) is 3.09. The minimum absolute atomic E-state index is 0.184. The Hall–Kier alpha value is -1.94. The molecule has 0 aromatic heterocycles. The number of carbonyl (C=O) groups excluding carboxylic acids is 1. The quantitative estimate of drug-likeness (QED) is 0.934. The molecule has 1 N–H and O–H groups in total. The van der Waals surface area contributed by atoms with Crippen molar-refractivity contribution in [3.8, 4) is 0 Å².